The largest absolute Gasteiger partial charge is 0.466 e. The van der Waals surface area contributed by atoms with Crippen molar-refractivity contribution in [3.8, 4) is 0 Å². The highest BCUT2D eigenvalue weighted by molar-refractivity contribution is 8.13. The van der Waals surface area contributed by atoms with E-state index in [9.17, 15) is 18.0 Å². The van der Waals surface area contributed by atoms with Crippen LogP contribution in [0, 0.1) is 0 Å². The van der Waals surface area contributed by atoms with Crippen LogP contribution in [-0.4, -0.2) is 17.6 Å². The molecule has 152 valence electrons. The van der Waals surface area contributed by atoms with E-state index >= 15 is 0 Å². The molecule has 0 aromatic heterocycles. The Labute approximate surface area is 170 Å². The van der Waals surface area contributed by atoms with Gasteiger partial charge in [0.05, 0.1) is 35.0 Å². The molecule has 0 fully saturated rings. The van der Waals surface area contributed by atoms with Gasteiger partial charge in [-0.3, -0.25) is 4.79 Å². The van der Waals surface area contributed by atoms with E-state index in [1.807, 2.05) is 24.3 Å². The summed E-state index contributed by atoms with van der Waals surface area (Å²) in [5.41, 5.74) is 1.91. The number of alkyl halides is 3. The summed E-state index contributed by atoms with van der Waals surface area (Å²) >= 11 is 1.31. The highest BCUT2D eigenvalue weighted by Gasteiger charge is 2.30. The second kappa shape index (κ2) is 9.17. The average molecular weight is 420 g/mol. The molecule has 4 nitrogen and oxygen atoms in total. The van der Waals surface area contributed by atoms with Gasteiger partial charge in [-0.2, -0.15) is 13.2 Å². The van der Waals surface area contributed by atoms with Crippen LogP contribution in [0.1, 0.15) is 24.5 Å². The van der Waals surface area contributed by atoms with E-state index in [2.05, 4.69) is 10.3 Å². The average Bonchev–Trinajstić information content (AvgIpc) is 2.84. The summed E-state index contributed by atoms with van der Waals surface area (Å²) in [5.74, 6) is -0.0541. The number of hydrogen-bond acceptors (Lipinski definition) is 5. The molecule has 0 atom stereocenters. The van der Waals surface area contributed by atoms with Crippen molar-refractivity contribution < 1.29 is 22.7 Å². The minimum Gasteiger partial charge on any atom is -0.466 e. The van der Waals surface area contributed by atoms with Crippen molar-refractivity contribution in [2.75, 3.05) is 11.9 Å². The van der Waals surface area contributed by atoms with Crippen LogP contribution >= 0.6 is 11.8 Å². The van der Waals surface area contributed by atoms with E-state index in [-0.39, 0.29) is 19.0 Å². The summed E-state index contributed by atoms with van der Waals surface area (Å²) in [6.45, 7) is 2.02. The quantitative estimate of drug-likeness (QED) is 0.609. The number of esters is 1. The zero-order chi connectivity index (χ0) is 20.9. The summed E-state index contributed by atoms with van der Waals surface area (Å²) in [7, 11) is 0. The van der Waals surface area contributed by atoms with Crippen molar-refractivity contribution in [2.24, 2.45) is 4.99 Å². The number of halogens is 3. The number of nitrogens with one attached hydrogen (secondary N) is 1. The van der Waals surface area contributed by atoms with Crippen LogP contribution in [0.15, 0.2) is 65.3 Å². The molecule has 1 N–H and O–H groups in total. The molecule has 29 heavy (non-hydrogen) atoms. The van der Waals surface area contributed by atoms with Crippen LogP contribution in [-0.2, 0) is 21.5 Å². The first-order chi connectivity index (χ1) is 13.8. The number of para-hydroxylation sites is 2. The van der Waals surface area contributed by atoms with Crippen LogP contribution in [0.5, 0.6) is 0 Å². The first-order valence-corrected chi connectivity index (χ1v) is 9.93. The molecular weight excluding hydrogens is 401 g/mol. The van der Waals surface area contributed by atoms with Crippen LogP contribution in [0.2, 0.25) is 0 Å². The van der Waals surface area contributed by atoms with Gasteiger partial charge in [-0.1, -0.05) is 30.3 Å². The first kappa shape index (κ1) is 21.0. The number of ether oxygens (including phenoxy) is 1. The minimum absolute atomic E-state index is 0.0469. The van der Waals surface area contributed by atoms with E-state index in [4.69, 9.17) is 4.74 Å². The number of carbonyl (C=O) groups excluding carboxylic acids is 1. The van der Waals surface area contributed by atoms with Gasteiger partial charge >= 0.3 is 12.1 Å². The fourth-order valence-corrected chi connectivity index (χ4v) is 3.60. The van der Waals surface area contributed by atoms with Crippen molar-refractivity contribution in [1.82, 2.24) is 0 Å². The lowest BCUT2D eigenvalue weighted by atomic mass is 10.1. The number of nitrogens with zero attached hydrogens (tertiary/aromatic N) is 1. The standard InChI is InChI=1S/C21H19F3N2O2S/c1-2-28-20(27)12-16-11-19(26-18-9-4-3-8-17(18)25-16)29-13-14-6-5-7-15(10-14)21(22,23)24/h3-11,25H,2,12-13H2,1H3. The predicted molar refractivity (Wildman–Crippen MR) is 109 cm³/mol. The predicted octanol–water partition coefficient (Wildman–Crippen LogP) is 5.93. The summed E-state index contributed by atoms with van der Waals surface area (Å²) in [4.78, 5) is 16.5. The molecule has 1 heterocycles. The molecule has 0 aliphatic carbocycles. The third kappa shape index (κ3) is 5.87. The minimum atomic E-state index is -4.38. The van der Waals surface area contributed by atoms with Gasteiger partial charge in [-0.25, -0.2) is 4.99 Å². The maximum absolute atomic E-state index is 12.9. The molecule has 8 heteroatoms. The number of fused-ring (bicyclic) bond motifs is 1. The molecule has 0 unspecified atom stereocenters. The van der Waals surface area contributed by atoms with Gasteiger partial charge in [-0.15, -0.1) is 11.8 Å². The molecule has 2 aromatic carbocycles. The zero-order valence-electron chi connectivity index (χ0n) is 15.6. The number of aliphatic imine (C=N–C) groups is 1. The molecule has 0 saturated heterocycles. The topological polar surface area (TPSA) is 50.7 Å². The lowest BCUT2D eigenvalue weighted by molar-refractivity contribution is -0.142. The van der Waals surface area contributed by atoms with Crippen LogP contribution in [0.25, 0.3) is 0 Å². The summed E-state index contributed by atoms with van der Waals surface area (Å²) < 4.78 is 43.8. The van der Waals surface area contributed by atoms with E-state index in [1.54, 1.807) is 19.1 Å². The molecule has 2 aromatic rings. The summed E-state index contributed by atoms with van der Waals surface area (Å²) in [6, 6.07) is 12.6. The Morgan fingerprint density at radius 3 is 2.72 bits per heavy atom. The third-order valence-electron chi connectivity index (χ3n) is 4.01. The number of rotatable bonds is 5. The summed E-state index contributed by atoms with van der Waals surface area (Å²) in [6.07, 6.45) is -2.60. The molecule has 1 aliphatic heterocycles. The molecule has 0 radical (unpaired) electrons. The van der Waals surface area contributed by atoms with Gasteiger partial charge in [-0.05, 0) is 36.8 Å². The number of carbonyl (C=O) groups is 1. The first-order valence-electron chi connectivity index (χ1n) is 8.95. The number of thioether (sulfide) groups is 1. The Morgan fingerprint density at radius 2 is 1.97 bits per heavy atom. The molecule has 0 spiro atoms. The Bertz CT molecular complexity index is 955. The highest BCUT2D eigenvalue weighted by Crippen LogP contribution is 2.33. The number of hydrogen-bond donors (Lipinski definition) is 1. The van der Waals surface area contributed by atoms with Crippen molar-refractivity contribution in [3.63, 3.8) is 0 Å². The normalized spacial score (nSPS) is 13.5. The lowest BCUT2D eigenvalue weighted by Gasteiger charge is -2.10. The fraction of sp³-hybridized carbons (Fsp3) is 0.238. The molecule has 0 bridgehead atoms. The third-order valence-corrected chi connectivity index (χ3v) is 4.99. The Kier molecular flexibility index (Phi) is 6.64. The van der Waals surface area contributed by atoms with Crippen LogP contribution in [0.4, 0.5) is 24.5 Å². The molecule has 0 amide bonds. The van der Waals surface area contributed by atoms with Gasteiger partial charge < -0.3 is 10.1 Å². The highest BCUT2D eigenvalue weighted by atomic mass is 32.2. The Hall–Kier alpha value is -2.74. The molecular formula is C21H19F3N2O2S. The monoisotopic (exact) mass is 420 g/mol. The Morgan fingerprint density at radius 1 is 1.17 bits per heavy atom. The van der Waals surface area contributed by atoms with E-state index in [1.165, 1.54) is 17.8 Å². The maximum atomic E-state index is 12.9. The summed E-state index contributed by atoms with van der Waals surface area (Å²) in [5, 5.41) is 3.79. The van der Waals surface area contributed by atoms with Gasteiger partial charge in [0.25, 0.3) is 0 Å². The van der Waals surface area contributed by atoms with Gasteiger partial charge in [0.1, 0.15) is 0 Å². The van der Waals surface area contributed by atoms with E-state index in [0.29, 0.717) is 27.7 Å². The zero-order valence-corrected chi connectivity index (χ0v) is 16.4. The van der Waals surface area contributed by atoms with E-state index in [0.717, 1.165) is 17.8 Å². The second-order valence-electron chi connectivity index (χ2n) is 6.23. The van der Waals surface area contributed by atoms with Gasteiger partial charge in [0, 0.05) is 11.4 Å². The van der Waals surface area contributed by atoms with Crippen molar-refractivity contribution in [1.29, 1.82) is 0 Å². The number of benzene rings is 2. The van der Waals surface area contributed by atoms with E-state index < -0.39 is 11.7 Å². The van der Waals surface area contributed by atoms with Crippen molar-refractivity contribution in [2.45, 2.75) is 25.3 Å². The fourth-order valence-electron chi connectivity index (χ4n) is 2.72. The van der Waals surface area contributed by atoms with Crippen LogP contribution in [0.3, 0.4) is 0 Å². The molecule has 3 rings (SSSR count). The second-order valence-corrected chi connectivity index (χ2v) is 7.23. The maximum Gasteiger partial charge on any atom is 0.416 e. The molecule has 0 saturated carbocycles. The van der Waals surface area contributed by atoms with Gasteiger partial charge in [0.2, 0.25) is 0 Å². The molecule has 1 aliphatic rings. The van der Waals surface area contributed by atoms with Gasteiger partial charge in [0.15, 0.2) is 0 Å². The Balaban J connectivity index is 1.81. The number of anilines is 1. The van der Waals surface area contributed by atoms with Crippen molar-refractivity contribution >= 4 is 34.1 Å². The van der Waals surface area contributed by atoms with Crippen LogP contribution < -0.4 is 5.32 Å². The SMILES string of the molecule is CCOC(=O)CC1=CC(SCc2cccc(C(F)(F)F)c2)=Nc2ccccc2N1. The van der Waals surface area contributed by atoms with Crippen molar-refractivity contribution in [3.05, 3.63) is 71.4 Å². The smallest absolute Gasteiger partial charge is 0.416 e. The lowest BCUT2D eigenvalue weighted by Crippen LogP contribution is -2.10.